The lowest BCUT2D eigenvalue weighted by molar-refractivity contribution is -0.139. The monoisotopic (exact) mass is 514 g/mol. The number of nitrogens with one attached hydrogen (secondary N) is 1. The number of alkyl halides is 3. The van der Waals surface area contributed by atoms with Crippen LogP contribution in [-0.2, 0) is 20.5 Å². The van der Waals surface area contributed by atoms with E-state index in [4.69, 9.17) is 15.2 Å². The predicted molar refractivity (Wildman–Crippen MR) is 124 cm³/mol. The number of rotatable bonds is 7. The molecule has 0 spiro atoms. The third kappa shape index (κ3) is 5.62. The molecular weight excluding hydrogens is 493 g/mol. The first-order chi connectivity index (χ1) is 17.5. The van der Waals surface area contributed by atoms with Gasteiger partial charge in [-0.15, -0.1) is 0 Å². The number of hydrogen-bond acceptors (Lipinski definition) is 6. The zero-order valence-electron chi connectivity index (χ0n) is 19.5. The highest BCUT2D eigenvalue weighted by Gasteiger charge is 2.44. The van der Waals surface area contributed by atoms with E-state index < -0.39 is 42.2 Å². The highest BCUT2D eigenvalue weighted by molar-refractivity contribution is 6.04. The van der Waals surface area contributed by atoms with Crippen molar-refractivity contribution in [2.75, 3.05) is 18.1 Å². The number of ether oxygens (including phenoxy) is 1. The minimum atomic E-state index is -4.71. The van der Waals surface area contributed by atoms with Gasteiger partial charge in [0.05, 0.1) is 34.5 Å². The van der Waals surface area contributed by atoms with Crippen molar-refractivity contribution < 1.29 is 37.5 Å². The standard InChI is InChI=1S/C25H21F3N4O5/c1-3-11-37-23(34)21-15(2)32(19-6-4-5-18(12-19)25(26,27)28)24(35)31(14-20(33)30-36)22(21)17-9-7-16(13-29)8-10-17/h3-10,12,22,36H,1,11,14H2,2H3,(H,30,33). The molecule has 3 amide bonds. The van der Waals surface area contributed by atoms with Gasteiger partial charge in [-0.3, -0.25) is 14.9 Å². The molecular formula is C25H21F3N4O5. The predicted octanol–water partition coefficient (Wildman–Crippen LogP) is 4.07. The maximum Gasteiger partial charge on any atom is 0.416 e. The summed E-state index contributed by atoms with van der Waals surface area (Å²) in [5.41, 5.74) is 0.585. The second-order valence-electron chi connectivity index (χ2n) is 7.85. The minimum absolute atomic E-state index is 0.0339. The van der Waals surface area contributed by atoms with E-state index in [2.05, 4.69) is 6.58 Å². The fourth-order valence-corrected chi connectivity index (χ4v) is 3.89. The molecule has 0 saturated heterocycles. The fourth-order valence-electron chi connectivity index (χ4n) is 3.89. The minimum Gasteiger partial charge on any atom is -0.458 e. The number of allylic oxidation sites excluding steroid dienone is 1. The second kappa shape index (κ2) is 11.0. The van der Waals surface area contributed by atoms with Crippen molar-refractivity contribution in [2.24, 2.45) is 0 Å². The van der Waals surface area contributed by atoms with E-state index in [0.717, 1.165) is 28.0 Å². The third-order valence-electron chi connectivity index (χ3n) is 5.53. The Labute approximate surface area is 209 Å². The summed E-state index contributed by atoms with van der Waals surface area (Å²) in [5.74, 6) is -1.93. The molecule has 2 aromatic carbocycles. The van der Waals surface area contributed by atoms with Crippen LogP contribution in [0, 0.1) is 11.3 Å². The number of nitrogens with zero attached hydrogens (tertiary/aromatic N) is 3. The van der Waals surface area contributed by atoms with Gasteiger partial charge in [0.25, 0.3) is 5.91 Å². The first-order valence-corrected chi connectivity index (χ1v) is 10.7. The number of nitriles is 1. The van der Waals surface area contributed by atoms with Gasteiger partial charge in [0.1, 0.15) is 13.2 Å². The molecule has 37 heavy (non-hydrogen) atoms. The van der Waals surface area contributed by atoms with Crippen LogP contribution in [0.5, 0.6) is 0 Å². The number of urea groups is 1. The van der Waals surface area contributed by atoms with Crippen LogP contribution in [0.15, 0.2) is 72.5 Å². The van der Waals surface area contributed by atoms with Crippen LogP contribution in [0.25, 0.3) is 0 Å². The first kappa shape index (κ1) is 27.0. The second-order valence-corrected chi connectivity index (χ2v) is 7.85. The third-order valence-corrected chi connectivity index (χ3v) is 5.53. The van der Waals surface area contributed by atoms with Crippen molar-refractivity contribution in [1.29, 1.82) is 5.26 Å². The van der Waals surface area contributed by atoms with Gasteiger partial charge in [-0.1, -0.05) is 30.9 Å². The quantitative estimate of drug-likeness (QED) is 0.249. The molecule has 1 unspecified atom stereocenters. The maximum absolute atomic E-state index is 13.7. The summed E-state index contributed by atoms with van der Waals surface area (Å²) in [5, 5.41) is 18.2. The smallest absolute Gasteiger partial charge is 0.416 e. The van der Waals surface area contributed by atoms with Crippen molar-refractivity contribution in [3.8, 4) is 6.07 Å². The van der Waals surface area contributed by atoms with Gasteiger partial charge in [-0.25, -0.2) is 15.1 Å². The Balaban J connectivity index is 2.29. The van der Waals surface area contributed by atoms with E-state index in [1.165, 1.54) is 48.8 Å². The van der Waals surface area contributed by atoms with Crippen molar-refractivity contribution >= 4 is 23.6 Å². The molecule has 0 bridgehead atoms. The van der Waals surface area contributed by atoms with Crippen LogP contribution in [0.3, 0.4) is 0 Å². The maximum atomic E-state index is 13.7. The van der Waals surface area contributed by atoms with E-state index in [1.54, 1.807) is 0 Å². The SMILES string of the molecule is C=CCOC(=O)C1=C(C)N(c2cccc(C(F)(F)F)c2)C(=O)N(CC(=O)NO)C1c1ccc(C#N)cc1. The van der Waals surface area contributed by atoms with E-state index in [0.29, 0.717) is 5.56 Å². The number of esters is 1. The normalized spacial score (nSPS) is 15.8. The molecule has 2 aromatic rings. The Hall–Kier alpha value is -4.63. The lowest BCUT2D eigenvalue weighted by Gasteiger charge is -2.42. The van der Waals surface area contributed by atoms with Crippen LogP contribution >= 0.6 is 0 Å². The van der Waals surface area contributed by atoms with E-state index in [-0.39, 0.29) is 29.1 Å². The summed E-state index contributed by atoms with van der Waals surface area (Å²) in [4.78, 5) is 40.8. The average molecular weight is 514 g/mol. The van der Waals surface area contributed by atoms with Gasteiger partial charge < -0.3 is 9.64 Å². The summed E-state index contributed by atoms with van der Waals surface area (Å²) in [6, 6.07) is 9.48. The number of halogens is 3. The van der Waals surface area contributed by atoms with Crippen LogP contribution in [0.4, 0.5) is 23.7 Å². The molecule has 9 nitrogen and oxygen atoms in total. The number of carbonyl (C=O) groups excluding carboxylic acids is 3. The molecule has 0 saturated carbocycles. The molecule has 1 atom stereocenters. The number of hydroxylamine groups is 1. The Morgan fingerprint density at radius 2 is 1.92 bits per heavy atom. The fraction of sp³-hybridized carbons (Fsp3) is 0.200. The average Bonchev–Trinajstić information content (AvgIpc) is 2.88. The number of amides is 3. The molecule has 0 aromatic heterocycles. The van der Waals surface area contributed by atoms with Gasteiger partial charge in [0, 0.05) is 5.70 Å². The van der Waals surface area contributed by atoms with Gasteiger partial charge >= 0.3 is 18.2 Å². The summed E-state index contributed by atoms with van der Waals surface area (Å²) in [6.45, 7) is 3.88. The largest absolute Gasteiger partial charge is 0.458 e. The molecule has 0 radical (unpaired) electrons. The van der Waals surface area contributed by atoms with E-state index >= 15 is 0 Å². The van der Waals surface area contributed by atoms with Crippen molar-refractivity contribution in [3.63, 3.8) is 0 Å². The Bertz CT molecular complexity index is 1300. The summed E-state index contributed by atoms with van der Waals surface area (Å²) >= 11 is 0. The lowest BCUT2D eigenvalue weighted by atomic mass is 9.92. The molecule has 2 N–H and O–H groups in total. The Kier molecular flexibility index (Phi) is 7.99. The Morgan fingerprint density at radius 1 is 1.24 bits per heavy atom. The molecule has 1 aliphatic heterocycles. The van der Waals surface area contributed by atoms with Crippen molar-refractivity contribution in [3.05, 3.63) is 89.1 Å². The van der Waals surface area contributed by atoms with E-state index in [1.807, 2.05) is 6.07 Å². The van der Waals surface area contributed by atoms with Gasteiger partial charge in [-0.05, 0) is 42.8 Å². The lowest BCUT2D eigenvalue weighted by Crippen LogP contribution is -2.53. The van der Waals surface area contributed by atoms with Crippen LogP contribution in [0.2, 0.25) is 0 Å². The number of anilines is 1. The molecule has 0 fully saturated rings. The molecule has 1 aliphatic rings. The van der Waals surface area contributed by atoms with E-state index in [9.17, 15) is 27.6 Å². The van der Waals surface area contributed by atoms with Crippen LogP contribution in [0.1, 0.15) is 29.7 Å². The van der Waals surface area contributed by atoms with Crippen LogP contribution < -0.4 is 10.4 Å². The highest BCUT2D eigenvalue weighted by Crippen LogP contribution is 2.41. The van der Waals surface area contributed by atoms with Crippen molar-refractivity contribution in [1.82, 2.24) is 10.4 Å². The molecule has 3 rings (SSSR count). The zero-order chi connectivity index (χ0) is 27.3. The zero-order valence-corrected chi connectivity index (χ0v) is 19.5. The highest BCUT2D eigenvalue weighted by atomic mass is 19.4. The molecule has 1 heterocycles. The molecule has 0 aliphatic carbocycles. The summed E-state index contributed by atoms with van der Waals surface area (Å²) in [7, 11) is 0. The van der Waals surface area contributed by atoms with Gasteiger partial charge in [0.15, 0.2) is 0 Å². The molecule has 192 valence electrons. The molecule has 12 heteroatoms. The topological polar surface area (TPSA) is 123 Å². The van der Waals surface area contributed by atoms with Crippen LogP contribution in [-0.4, -0.2) is 41.2 Å². The van der Waals surface area contributed by atoms with Gasteiger partial charge in [-0.2, -0.15) is 18.4 Å². The number of carbonyl (C=O) groups is 3. The number of hydrogen-bond donors (Lipinski definition) is 2. The number of benzene rings is 2. The van der Waals surface area contributed by atoms with Gasteiger partial charge in [0.2, 0.25) is 0 Å². The Morgan fingerprint density at radius 3 is 2.49 bits per heavy atom. The first-order valence-electron chi connectivity index (χ1n) is 10.7. The van der Waals surface area contributed by atoms with Crippen molar-refractivity contribution in [2.45, 2.75) is 19.1 Å². The summed E-state index contributed by atoms with van der Waals surface area (Å²) in [6.07, 6.45) is -3.40. The summed E-state index contributed by atoms with van der Waals surface area (Å²) < 4.78 is 45.4.